The molecule has 1 amide bonds. The Bertz CT molecular complexity index is 1330. The predicted molar refractivity (Wildman–Crippen MR) is 139 cm³/mol. The van der Waals surface area contributed by atoms with Crippen LogP contribution in [0.5, 0.6) is 5.75 Å². The monoisotopic (exact) mass is 474 g/mol. The number of nitriles is 1. The van der Waals surface area contributed by atoms with Crippen molar-refractivity contribution in [1.82, 2.24) is 5.32 Å². The van der Waals surface area contributed by atoms with Crippen LogP contribution < -0.4 is 10.1 Å². The van der Waals surface area contributed by atoms with Crippen LogP contribution in [0, 0.1) is 11.3 Å². The Labute approximate surface area is 210 Å². The summed E-state index contributed by atoms with van der Waals surface area (Å²) < 4.78 is 11.4. The number of hydrogen-bond acceptors (Lipinski definition) is 4. The summed E-state index contributed by atoms with van der Waals surface area (Å²) in [7, 11) is 0. The molecule has 4 aromatic rings. The molecule has 5 nitrogen and oxygen atoms in total. The van der Waals surface area contributed by atoms with E-state index >= 15 is 0 Å². The van der Waals surface area contributed by atoms with E-state index in [0.717, 1.165) is 28.0 Å². The number of ether oxygens (including phenoxy) is 2. The average molecular weight is 475 g/mol. The summed E-state index contributed by atoms with van der Waals surface area (Å²) in [6, 6.07) is 35.4. The molecular formula is C31H26N2O3. The molecule has 0 heterocycles. The molecule has 1 aliphatic carbocycles. The van der Waals surface area contributed by atoms with Gasteiger partial charge in [-0.25, -0.2) is 4.79 Å². The van der Waals surface area contributed by atoms with Crippen molar-refractivity contribution in [2.45, 2.75) is 25.0 Å². The molecule has 178 valence electrons. The van der Waals surface area contributed by atoms with Gasteiger partial charge in [-0.3, -0.25) is 0 Å². The molecule has 1 N–H and O–H groups in total. The first-order valence-electron chi connectivity index (χ1n) is 12.0. The molecule has 0 aromatic heterocycles. The molecular weight excluding hydrogens is 448 g/mol. The van der Waals surface area contributed by atoms with Gasteiger partial charge in [0.05, 0.1) is 6.07 Å². The highest BCUT2D eigenvalue weighted by molar-refractivity contribution is 5.79. The zero-order chi connectivity index (χ0) is 24.7. The van der Waals surface area contributed by atoms with Crippen molar-refractivity contribution in [3.8, 4) is 22.9 Å². The largest absolute Gasteiger partial charge is 0.489 e. The topological polar surface area (TPSA) is 71.3 Å². The van der Waals surface area contributed by atoms with Gasteiger partial charge in [-0.2, -0.15) is 5.26 Å². The minimum atomic E-state index is -0.697. The van der Waals surface area contributed by atoms with Crippen LogP contribution in [0.2, 0.25) is 0 Å². The highest BCUT2D eigenvalue weighted by Gasteiger charge is 2.29. The lowest BCUT2D eigenvalue weighted by atomic mass is 9.98. The Kier molecular flexibility index (Phi) is 6.95. The van der Waals surface area contributed by atoms with Crippen molar-refractivity contribution in [1.29, 1.82) is 5.26 Å². The van der Waals surface area contributed by atoms with Gasteiger partial charge in [-0.05, 0) is 45.5 Å². The van der Waals surface area contributed by atoms with Gasteiger partial charge in [0.15, 0.2) is 0 Å². The zero-order valence-electron chi connectivity index (χ0n) is 19.8. The van der Waals surface area contributed by atoms with E-state index in [-0.39, 0.29) is 12.5 Å². The summed E-state index contributed by atoms with van der Waals surface area (Å²) in [6.45, 7) is 0.704. The summed E-state index contributed by atoms with van der Waals surface area (Å²) in [4.78, 5) is 12.6. The number of fused-ring (bicyclic) bond motifs is 3. The zero-order valence-corrected chi connectivity index (χ0v) is 19.8. The number of nitrogens with zero attached hydrogens (tertiary/aromatic N) is 1. The summed E-state index contributed by atoms with van der Waals surface area (Å²) in [5.41, 5.74) is 6.67. The van der Waals surface area contributed by atoms with E-state index in [1.807, 2.05) is 78.9 Å². The molecule has 0 saturated carbocycles. The van der Waals surface area contributed by atoms with E-state index in [1.54, 1.807) is 0 Å². The number of amides is 1. The number of carbonyl (C=O) groups excluding carboxylic acids is 1. The van der Waals surface area contributed by atoms with Crippen molar-refractivity contribution < 1.29 is 14.3 Å². The van der Waals surface area contributed by atoms with Gasteiger partial charge in [0.25, 0.3) is 0 Å². The molecule has 0 aliphatic heterocycles. The SMILES string of the molecule is N#C[C@H](Cc1ccc(OCc2ccccc2)cc1)NC(=O)OCC1c2ccccc2-c2ccccc21. The molecule has 0 radical (unpaired) electrons. The fraction of sp³-hybridized carbons (Fsp3) is 0.161. The maximum atomic E-state index is 12.6. The van der Waals surface area contributed by atoms with Gasteiger partial charge in [0, 0.05) is 12.3 Å². The molecule has 36 heavy (non-hydrogen) atoms. The van der Waals surface area contributed by atoms with Crippen LogP contribution in [0.4, 0.5) is 4.79 Å². The number of benzene rings is 4. The van der Waals surface area contributed by atoms with Crippen LogP contribution in [0.25, 0.3) is 11.1 Å². The van der Waals surface area contributed by atoms with Crippen LogP contribution in [-0.2, 0) is 17.8 Å². The van der Waals surface area contributed by atoms with E-state index in [2.05, 4.69) is 35.7 Å². The molecule has 4 aromatic carbocycles. The second-order valence-electron chi connectivity index (χ2n) is 8.77. The summed E-state index contributed by atoms with van der Waals surface area (Å²) in [6.07, 6.45) is -0.217. The number of hydrogen-bond donors (Lipinski definition) is 1. The van der Waals surface area contributed by atoms with Crippen molar-refractivity contribution >= 4 is 6.09 Å². The van der Waals surface area contributed by atoms with E-state index < -0.39 is 12.1 Å². The van der Waals surface area contributed by atoms with Crippen LogP contribution in [-0.4, -0.2) is 18.7 Å². The van der Waals surface area contributed by atoms with Gasteiger partial charge in [-0.15, -0.1) is 0 Å². The Balaban J connectivity index is 1.14. The van der Waals surface area contributed by atoms with Crippen LogP contribution in [0.15, 0.2) is 103 Å². The van der Waals surface area contributed by atoms with Crippen molar-refractivity contribution in [2.24, 2.45) is 0 Å². The third-order valence-electron chi connectivity index (χ3n) is 6.40. The number of nitrogens with one attached hydrogen (secondary N) is 1. The Morgan fingerprint density at radius 1 is 0.806 bits per heavy atom. The number of carbonyl (C=O) groups is 1. The minimum Gasteiger partial charge on any atom is -0.489 e. The standard InChI is InChI=1S/C31H26N2O3/c32-19-24(18-22-14-16-25(17-15-22)35-20-23-8-2-1-3-9-23)33-31(34)36-21-30-28-12-6-4-10-26(28)27-11-5-7-13-29(27)30/h1-17,24,30H,18,20-21H2,(H,33,34)/t24-/m0/s1. The van der Waals surface area contributed by atoms with Crippen LogP contribution in [0.3, 0.4) is 0 Å². The third kappa shape index (κ3) is 5.24. The second-order valence-corrected chi connectivity index (χ2v) is 8.77. The molecule has 0 unspecified atom stereocenters. The molecule has 0 saturated heterocycles. The first kappa shape index (κ1) is 23.2. The highest BCUT2D eigenvalue weighted by atomic mass is 16.5. The Morgan fingerprint density at radius 2 is 1.42 bits per heavy atom. The van der Waals surface area contributed by atoms with Crippen LogP contribution >= 0.6 is 0 Å². The average Bonchev–Trinajstić information content (AvgIpc) is 3.25. The minimum absolute atomic E-state index is 0.0212. The molecule has 0 fully saturated rings. The van der Waals surface area contributed by atoms with Crippen LogP contribution in [0.1, 0.15) is 28.2 Å². The normalized spacial score (nSPS) is 12.6. The maximum absolute atomic E-state index is 12.6. The fourth-order valence-corrected chi connectivity index (χ4v) is 4.61. The molecule has 0 bridgehead atoms. The van der Waals surface area contributed by atoms with Gasteiger partial charge in [0.2, 0.25) is 0 Å². The van der Waals surface area contributed by atoms with E-state index in [9.17, 15) is 10.1 Å². The smallest absolute Gasteiger partial charge is 0.408 e. The molecule has 1 aliphatic rings. The van der Waals surface area contributed by atoms with Gasteiger partial charge < -0.3 is 14.8 Å². The van der Waals surface area contributed by atoms with Crippen molar-refractivity contribution in [2.75, 3.05) is 6.61 Å². The van der Waals surface area contributed by atoms with E-state index in [0.29, 0.717) is 13.0 Å². The van der Waals surface area contributed by atoms with Gasteiger partial charge >= 0.3 is 6.09 Å². The number of rotatable bonds is 8. The lowest BCUT2D eigenvalue weighted by Crippen LogP contribution is -2.36. The first-order chi connectivity index (χ1) is 17.7. The first-order valence-corrected chi connectivity index (χ1v) is 12.0. The molecule has 1 atom stereocenters. The quantitative estimate of drug-likeness (QED) is 0.328. The lowest BCUT2D eigenvalue weighted by Gasteiger charge is -2.16. The van der Waals surface area contributed by atoms with Gasteiger partial charge in [0.1, 0.15) is 25.0 Å². The van der Waals surface area contributed by atoms with Crippen molar-refractivity contribution in [3.05, 3.63) is 125 Å². The summed E-state index contributed by atoms with van der Waals surface area (Å²) >= 11 is 0. The maximum Gasteiger partial charge on any atom is 0.408 e. The Morgan fingerprint density at radius 3 is 2.06 bits per heavy atom. The van der Waals surface area contributed by atoms with Gasteiger partial charge in [-0.1, -0.05) is 91.0 Å². The second kappa shape index (κ2) is 10.8. The molecule has 5 heteroatoms. The van der Waals surface area contributed by atoms with E-state index in [1.165, 1.54) is 11.1 Å². The third-order valence-corrected chi connectivity index (χ3v) is 6.40. The predicted octanol–water partition coefficient (Wildman–Crippen LogP) is 6.24. The molecule has 5 rings (SSSR count). The highest BCUT2D eigenvalue weighted by Crippen LogP contribution is 2.44. The summed E-state index contributed by atoms with van der Waals surface area (Å²) in [5.74, 6) is 0.729. The lowest BCUT2D eigenvalue weighted by molar-refractivity contribution is 0.141. The number of alkyl carbamates (subject to hydrolysis) is 1. The fourth-order valence-electron chi connectivity index (χ4n) is 4.61. The van der Waals surface area contributed by atoms with E-state index in [4.69, 9.17) is 9.47 Å². The van der Waals surface area contributed by atoms with Crippen molar-refractivity contribution in [3.63, 3.8) is 0 Å². The molecule has 0 spiro atoms. The Hall–Kier alpha value is -4.56. The summed E-state index contributed by atoms with van der Waals surface area (Å²) in [5, 5.41) is 12.3.